The number of nitrogens with two attached hydrogens (primary N) is 2. The van der Waals surface area contributed by atoms with E-state index in [2.05, 4.69) is 58.7 Å². The zero-order valence-corrected chi connectivity index (χ0v) is 52.5. The summed E-state index contributed by atoms with van der Waals surface area (Å²) in [6.07, 6.45) is -3.96. The van der Waals surface area contributed by atoms with Gasteiger partial charge >= 0.3 is 0 Å². The lowest BCUT2D eigenvalue weighted by Crippen LogP contribution is -2.64. The van der Waals surface area contributed by atoms with Gasteiger partial charge in [-0.3, -0.25) is 38.5 Å². The van der Waals surface area contributed by atoms with Gasteiger partial charge in [0.25, 0.3) is 5.91 Å². The number of aromatic hydroxyl groups is 1. The molecule has 13 atom stereocenters. The molecule has 5 heterocycles. The number of carbonyl (C=O) groups excluding carboxylic acids is 7. The fourth-order valence-corrected chi connectivity index (χ4v) is 13.7. The number of phenolic OH excluding ortho intramolecular Hbond substituents is 1. The minimum atomic E-state index is -2.04. The van der Waals surface area contributed by atoms with Gasteiger partial charge in [-0.25, -0.2) is 0 Å². The lowest BCUT2D eigenvalue weighted by Gasteiger charge is -2.40. The molecule has 4 aliphatic heterocycles. The summed E-state index contributed by atoms with van der Waals surface area (Å²) in [5, 5.41) is 102. The summed E-state index contributed by atoms with van der Waals surface area (Å²) < 4.78 is 5.52. The molecule has 16 N–H and O–H groups in total. The molecule has 0 bridgehead atoms. The predicted molar refractivity (Wildman–Crippen MR) is 337 cm³/mol. The molecule has 28 nitrogen and oxygen atoms in total. The van der Waals surface area contributed by atoms with Gasteiger partial charge in [-0.05, 0) is 86.8 Å². The van der Waals surface area contributed by atoms with Crippen LogP contribution in [-0.2, 0) is 35.2 Å². The van der Waals surface area contributed by atoms with Crippen molar-refractivity contribution in [1.82, 2.24) is 51.5 Å². The predicted octanol–water partition coefficient (Wildman–Crippen LogP) is -1.94. The van der Waals surface area contributed by atoms with Gasteiger partial charge in [-0.2, -0.15) is 0 Å². The van der Waals surface area contributed by atoms with Crippen LogP contribution in [0, 0.1) is 5.92 Å². The minimum absolute atomic E-state index is 0.00285. The first-order valence-electron chi connectivity index (χ1n) is 31.7. The summed E-state index contributed by atoms with van der Waals surface area (Å²) >= 11 is 1.36. The van der Waals surface area contributed by atoms with E-state index in [1.165, 1.54) is 80.2 Å². The van der Waals surface area contributed by atoms with Crippen molar-refractivity contribution in [2.45, 2.75) is 157 Å². The molecule has 5 aliphatic rings. The molecule has 0 radical (unpaired) electrons. The number of piperazine rings is 1. The molecule has 9 rings (SSSR count). The summed E-state index contributed by atoms with van der Waals surface area (Å²) in [4.78, 5) is 108. The minimum Gasteiger partial charge on any atom is -0.504 e. The SMILES string of the molecule is C[C@@H](O)[C@@H]1NC(=O)C(NC(=O)c2ccc(-c3nnc(-c4ccc(N5CCN(C6CCCCCC6)CC5)cc4)s3)cc2)C[C@@H](O)CNC(=O)[C@@H]2[C@@H](O)[C@@H](C)CN2C(=O)[C@H]([C@H](O)CCN)NC(=O)[C@H]([C@H](O)Cc2ccc(O)c(OCCN)c2)NC(=O)[C@@H]2C[C@@H](O)CN2C1=O. The standard InChI is InChI=1S/C63H87N13O15S/c1-34-32-76-53(54(34)83)59(88)66-31-42(78)29-44(67-55(84)37-10-12-38(13-11-37)60-71-72-61(92-60)39-14-16-41(17-15-39)74-24-22-73(23-25-74)40-7-5-3-4-6-8-40)56(85)68-50(35(2)77)62(89)75-33-43(79)30-45(75)57(86)69-51(58(87)70-52(63(76)90)47(81)19-20-64)48(82)27-36-9-18-46(80)49(28-36)91-26-21-65/h9-18,28,34-35,40,42-45,47-48,50-54,77-83H,3-8,19-27,29-33,64-65H2,1-2H3,(H,66,88)(H,67,84)(H,68,85)(H,69,86)(H,70,87)/t34-,35+,42+,43+,44?,45-,47+,48+,50-,51-,52-,53-,54-/m0/s1. The highest BCUT2D eigenvalue weighted by Crippen LogP contribution is 2.34. The number of rotatable bonds is 16. The van der Waals surface area contributed by atoms with Gasteiger partial charge in [0.15, 0.2) is 11.5 Å². The Kier molecular flexibility index (Phi) is 23.6. The van der Waals surface area contributed by atoms with Gasteiger partial charge in [0.05, 0.1) is 36.6 Å². The maximum atomic E-state index is 14.7. The zero-order chi connectivity index (χ0) is 65.9. The third-order valence-corrected chi connectivity index (χ3v) is 19.0. The number of fused-ring (bicyclic) bond motifs is 2. The van der Waals surface area contributed by atoms with Gasteiger partial charge in [-0.15, -0.1) is 10.2 Å². The summed E-state index contributed by atoms with van der Waals surface area (Å²) in [5.41, 5.74) is 14.4. The van der Waals surface area contributed by atoms with E-state index in [1.807, 2.05) is 12.1 Å². The number of aromatic nitrogens is 2. The van der Waals surface area contributed by atoms with Gasteiger partial charge in [0.1, 0.15) is 52.9 Å². The number of hydrogen-bond acceptors (Lipinski definition) is 22. The van der Waals surface area contributed by atoms with Crippen molar-refractivity contribution in [3.63, 3.8) is 0 Å². The summed E-state index contributed by atoms with van der Waals surface area (Å²) in [7, 11) is 0. The number of ether oxygens (including phenoxy) is 1. The fourth-order valence-electron chi connectivity index (χ4n) is 12.8. The number of phenols is 1. The molecule has 0 spiro atoms. The van der Waals surface area contributed by atoms with E-state index in [-0.39, 0.29) is 55.3 Å². The molecule has 3 aromatic carbocycles. The molecule has 29 heteroatoms. The Bertz CT molecular complexity index is 3200. The number of nitrogens with zero attached hydrogens (tertiary/aromatic N) is 6. The van der Waals surface area contributed by atoms with Crippen molar-refractivity contribution in [2.24, 2.45) is 17.4 Å². The van der Waals surface area contributed by atoms with Crippen LogP contribution in [0.25, 0.3) is 21.1 Å². The van der Waals surface area contributed by atoms with E-state index in [0.29, 0.717) is 21.6 Å². The molecule has 1 saturated carbocycles. The Labute approximate surface area is 537 Å². The first-order valence-corrected chi connectivity index (χ1v) is 32.5. The van der Waals surface area contributed by atoms with Gasteiger partial charge in [0, 0.05) is 106 Å². The van der Waals surface area contributed by atoms with E-state index >= 15 is 0 Å². The van der Waals surface area contributed by atoms with Crippen LogP contribution < -0.4 is 47.7 Å². The van der Waals surface area contributed by atoms with Crippen LogP contribution in [0.15, 0.2) is 66.7 Å². The average Bonchev–Trinajstić information content (AvgIpc) is 1.73. The van der Waals surface area contributed by atoms with Gasteiger partial charge < -0.3 is 93.2 Å². The number of anilines is 1. The summed E-state index contributed by atoms with van der Waals surface area (Å²) in [5.74, 6) is -8.60. The second-order valence-corrected chi connectivity index (χ2v) is 25.7. The Morgan fingerprint density at radius 1 is 0.717 bits per heavy atom. The number of nitrogens with one attached hydrogen (secondary N) is 5. The maximum absolute atomic E-state index is 14.7. The molecule has 4 saturated heterocycles. The van der Waals surface area contributed by atoms with Crippen LogP contribution in [-0.4, -0.2) is 246 Å². The lowest BCUT2D eigenvalue weighted by atomic mass is 9.98. The first kappa shape index (κ1) is 68.9. The molecule has 1 aliphatic carbocycles. The smallest absolute Gasteiger partial charge is 0.251 e. The number of aliphatic hydroxyl groups excluding tert-OH is 6. The average molecular weight is 1300 g/mol. The number of hydrogen-bond donors (Lipinski definition) is 14. The highest BCUT2D eigenvalue weighted by Gasteiger charge is 2.50. The first-order chi connectivity index (χ1) is 44.1. The molecule has 7 amide bonds. The number of amides is 7. The molecule has 92 heavy (non-hydrogen) atoms. The van der Waals surface area contributed by atoms with E-state index in [1.54, 1.807) is 19.1 Å². The van der Waals surface area contributed by atoms with Crippen LogP contribution >= 0.6 is 11.3 Å². The monoisotopic (exact) mass is 1300 g/mol. The third kappa shape index (κ3) is 16.7. The molecular weight excluding hydrogens is 1210 g/mol. The maximum Gasteiger partial charge on any atom is 0.251 e. The van der Waals surface area contributed by atoms with Crippen molar-refractivity contribution < 1.29 is 74.0 Å². The van der Waals surface area contributed by atoms with Crippen molar-refractivity contribution in [3.8, 4) is 32.6 Å². The van der Waals surface area contributed by atoms with Crippen molar-refractivity contribution >= 4 is 58.4 Å². The topological polar surface area (TPSA) is 421 Å². The Morgan fingerprint density at radius 3 is 1.99 bits per heavy atom. The van der Waals surface area contributed by atoms with Crippen LogP contribution in [0.3, 0.4) is 0 Å². The highest BCUT2D eigenvalue weighted by atomic mass is 32.1. The zero-order valence-electron chi connectivity index (χ0n) is 51.7. The number of carbonyl (C=O) groups is 7. The molecule has 5 fully saturated rings. The van der Waals surface area contributed by atoms with Crippen LogP contribution in [0.2, 0.25) is 0 Å². The second-order valence-electron chi connectivity index (χ2n) is 24.7. The third-order valence-electron chi connectivity index (χ3n) is 18.0. The number of benzene rings is 3. The lowest BCUT2D eigenvalue weighted by molar-refractivity contribution is -0.147. The van der Waals surface area contributed by atoms with E-state index in [9.17, 15) is 69.3 Å². The van der Waals surface area contributed by atoms with Crippen molar-refractivity contribution in [3.05, 3.63) is 77.9 Å². The molecule has 4 aromatic rings. The van der Waals surface area contributed by atoms with Gasteiger partial charge in [0.2, 0.25) is 35.4 Å². The quantitative estimate of drug-likeness (QED) is 0.0543. The summed E-state index contributed by atoms with van der Waals surface area (Å²) in [6.45, 7) is 5.11. The molecule has 1 unspecified atom stereocenters. The molecular formula is C63H87N13O15S. The number of β-amino-alcohol motifs (C(OH)–C–C–N with tert-alkyl or cyclic N) is 1. The van der Waals surface area contributed by atoms with Crippen molar-refractivity contribution in [2.75, 3.05) is 70.4 Å². The highest BCUT2D eigenvalue weighted by molar-refractivity contribution is 7.17. The van der Waals surface area contributed by atoms with Crippen LogP contribution in [0.1, 0.15) is 87.6 Å². The van der Waals surface area contributed by atoms with E-state index < -0.39 is 152 Å². The Hall–Kier alpha value is -7.45. The van der Waals surface area contributed by atoms with Crippen molar-refractivity contribution in [1.29, 1.82) is 0 Å². The fraction of sp³-hybridized carbons (Fsp3) is 0.571. The largest absolute Gasteiger partial charge is 0.504 e. The second kappa shape index (κ2) is 31.4. The van der Waals surface area contributed by atoms with E-state index in [4.69, 9.17) is 16.2 Å². The van der Waals surface area contributed by atoms with Gasteiger partial charge in [-0.1, -0.05) is 62.1 Å². The van der Waals surface area contributed by atoms with E-state index in [0.717, 1.165) is 54.2 Å². The molecule has 1 aromatic heterocycles. The normalized spacial score (nSPS) is 27.3. The van der Waals surface area contributed by atoms with Crippen LogP contribution in [0.5, 0.6) is 11.5 Å². The summed E-state index contributed by atoms with van der Waals surface area (Å²) in [6, 6.07) is 8.29. The van der Waals surface area contributed by atoms with Crippen LogP contribution in [0.4, 0.5) is 5.69 Å². The number of aliphatic hydroxyl groups is 6. The Balaban J connectivity index is 0.950. The molecule has 500 valence electrons. The Morgan fingerprint density at radius 2 is 1.35 bits per heavy atom.